The van der Waals surface area contributed by atoms with Gasteiger partial charge in [0.1, 0.15) is 29.3 Å². The van der Waals surface area contributed by atoms with Crippen molar-refractivity contribution < 1.29 is 36.9 Å². The molecule has 1 amide bonds. The summed E-state index contributed by atoms with van der Waals surface area (Å²) in [5.74, 6) is -0.234. The van der Waals surface area contributed by atoms with Crippen molar-refractivity contribution in [1.29, 1.82) is 0 Å². The van der Waals surface area contributed by atoms with Crippen LogP contribution in [0.1, 0.15) is 50.2 Å². The molecule has 9 heteroatoms. The smallest absolute Gasteiger partial charge is 0.269 e. The second kappa shape index (κ2) is 17.8. The first-order chi connectivity index (χ1) is 21.0. The summed E-state index contributed by atoms with van der Waals surface area (Å²) in [6, 6.07) is 37.2. The number of amides is 1. The Morgan fingerprint density at radius 2 is 1.18 bits per heavy atom. The molecule has 0 saturated heterocycles. The summed E-state index contributed by atoms with van der Waals surface area (Å²) in [5, 5.41) is 38.1. The Morgan fingerprint density at radius 1 is 0.727 bits per heavy atom. The number of carbonyl (C=O) groups is 1. The topological polar surface area (TPSA) is 113 Å². The summed E-state index contributed by atoms with van der Waals surface area (Å²) in [7, 11) is -1.83. The van der Waals surface area contributed by atoms with Gasteiger partial charge in [-0.2, -0.15) is 0 Å². The highest BCUT2D eigenvalue weighted by Crippen LogP contribution is 2.56. The number of non-ortho nitro benzene ring substituents is 1. The van der Waals surface area contributed by atoms with Crippen LogP contribution in [0.25, 0.3) is 0 Å². The molecule has 2 atom stereocenters. The van der Waals surface area contributed by atoms with Gasteiger partial charge in [-0.1, -0.05) is 67.4 Å². The number of rotatable bonds is 16. The van der Waals surface area contributed by atoms with Crippen molar-refractivity contribution in [2.24, 2.45) is 0 Å². The second-order valence-corrected chi connectivity index (χ2v) is 14.3. The molecule has 0 aliphatic rings. The van der Waals surface area contributed by atoms with E-state index < -0.39 is 30.9 Å². The van der Waals surface area contributed by atoms with Crippen LogP contribution in [0.2, 0.25) is 0 Å². The molecule has 0 fully saturated rings. The fourth-order valence-electron chi connectivity index (χ4n) is 5.58. The Morgan fingerprint density at radius 3 is 1.64 bits per heavy atom. The molecule has 0 spiro atoms. The third-order valence-electron chi connectivity index (χ3n) is 7.86. The first-order valence-electron chi connectivity index (χ1n) is 14.8. The maximum atomic E-state index is 12.6. The van der Waals surface area contributed by atoms with Crippen LogP contribution in [-0.4, -0.2) is 39.9 Å². The Bertz CT molecular complexity index is 1330. The lowest BCUT2D eigenvalue weighted by Gasteiger charge is -2.27. The number of nitrogens with one attached hydrogen (secondary N) is 1. The number of nitro benzene ring substituents is 1. The summed E-state index contributed by atoms with van der Waals surface area (Å²) in [6.07, 6.45) is 4.99. The van der Waals surface area contributed by atoms with Crippen LogP contribution >= 0.6 is 7.26 Å². The molecule has 4 aromatic rings. The van der Waals surface area contributed by atoms with Gasteiger partial charge >= 0.3 is 0 Å². The van der Waals surface area contributed by atoms with Crippen LogP contribution in [0.5, 0.6) is 0 Å². The molecule has 4 aromatic carbocycles. The number of nitro groups is 1. The molecule has 232 valence electrons. The van der Waals surface area contributed by atoms with Crippen LogP contribution in [0.15, 0.2) is 115 Å². The molecule has 0 bridgehead atoms. The highest BCUT2D eigenvalue weighted by molar-refractivity contribution is 7.95. The predicted molar refractivity (Wildman–Crippen MR) is 175 cm³/mol. The van der Waals surface area contributed by atoms with Crippen molar-refractivity contribution >= 4 is 34.8 Å². The van der Waals surface area contributed by atoms with Gasteiger partial charge in [-0.15, -0.1) is 0 Å². The second-order valence-electron chi connectivity index (χ2n) is 10.7. The zero-order valence-corrected chi connectivity index (χ0v) is 27.2. The SMILES string of the molecule is O=C(CCCCCCC[P+](c1ccccc1)(c1ccccc1)c1ccccc1)NC(CO)C(O)c1ccc([N+](=O)[O-])cc1.[Br-]. The van der Waals surface area contributed by atoms with Gasteiger partial charge in [0.15, 0.2) is 0 Å². The van der Waals surface area contributed by atoms with Gasteiger partial charge < -0.3 is 32.5 Å². The minimum Gasteiger partial charge on any atom is -1.00 e. The molecular formula is C35H40BrN2O5P. The van der Waals surface area contributed by atoms with E-state index in [-0.39, 0.29) is 28.6 Å². The van der Waals surface area contributed by atoms with Gasteiger partial charge in [0, 0.05) is 18.6 Å². The van der Waals surface area contributed by atoms with E-state index in [0.29, 0.717) is 18.4 Å². The van der Waals surface area contributed by atoms with E-state index in [1.165, 1.54) is 40.2 Å². The van der Waals surface area contributed by atoms with Crippen molar-refractivity contribution in [1.82, 2.24) is 5.32 Å². The number of nitrogens with zero attached hydrogens (tertiary/aromatic N) is 1. The Labute approximate surface area is 270 Å². The van der Waals surface area contributed by atoms with E-state index in [1.54, 1.807) is 0 Å². The van der Waals surface area contributed by atoms with Crippen molar-refractivity contribution in [2.45, 2.75) is 50.7 Å². The number of hydrogen-bond donors (Lipinski definition) is 3. The van der Waals surface area contributed by atoms with Gasteiger partial charge in [-0.25, -0.2) is 0 Å². The maximum Gasteiger partial charge on any atom is 0.269 e. The van der Waals surface area contributed by atoms with E-state index in [4.69, 9.17) is 0 Å². The summed E-state index contributed by atoms with van der Waals surface area (Å²) in [4.78, 5) is 22.9. The average molecular weight is 680 g/mol. The molecule has 7 nitrogen and oxygen atoms in total. The summed E-state index contributed by atoms with van der Waals surface area (Å²) >= 11 is 0. The zero-order valence-electron chi connectivity index (χ0n) is 24.7. The highest BCUT2D eigenvalue weighted by atomic mass is 79.9. The molecule has 3 N–H and O–H groups in total. The minimum atomic E-state index is -1.83. The number of aliphatic hydroxyl groups is 2. The van der Waals surface area contributed by atoms with Crippen LogP contribution in [0.4, 0.5) is 5.69 Å². The molecule has 0 radical (unpaired) electrons. The van der Waals surface area contributed by atoms with E-state index in [2.05, 4.69) is 96.3 Å². The number of halogens is 1. The molecule has 0 aliphatic heterocycles. The molecule has 2 unspecified atom stereocenters. The monoisotopic (exact) mass is 678 g/mol. The number of aliphatic hydroxyl groups excluding tert-OH is 2. The first kappa shape index (κ1) is 35.1. The van der Waals surface area contributed by atoms with Crippen LogP contribution in [-0.2, 0) is 4.79 Å². The van der Waals surface area contributed by atoms with E-state index >= 15 is 0 Å². The molecule has 0 aliphatic carbocycles. The molecule has 0 aromatic heterocycles. The Hall–Kier alpha value is -3.42. The molecule has 0 saturated carbocycles. The van der Waals surface area contributed by atoms with Gasteiger partial charge in [-0.3, -0.25) is 14.9 Å². The quantitative estimate of drug-likeness (QED) is 0.0730. The lowest BCUT2D eigenvalue weighted by Crippen LogP contribution is -3.00. The third kappa shape index (κ3) is 9.05. The van der Waals surface area contributed by atoms with Crippen molar-refractivity contribution in [2.75, 3.05) is 12.8 Å². The standard InChI is InChI=1S/C35H39N2O5P.BrH/c38-27-33(35(40)28-22-24-29(25-23-28)37(41)42)36-34(39)21-13-2-1-3-14-26-43(30-15-7-4-8-16-30,31-17-9-5-10-18-31)32-19-11-6-12-20-32;/h4-12,15-20,22-25,33,35,38,40H,1-3,13-14,21,26-27H2;1H. The van der Waals surface area contributed by atoms with E-state index in [1.807, 2.05) is 0 Å². The highest BCUT2D eigenvalue weighted by Gasteiger charge is 2.44. The summed E-state index contributed by atoms with van der Waals surface area (Å²) < 4.78 is 0. The lowest BCUT2D eigenvalue weighted by atomic mass is 10.0. The maximum absolute atomic E-state index is 12.6. The summed E-state index contributed by atoms with van der Waals surface area (Å²) in [6.45, 7) is -0.445. The number of carbonyl (C=O) groups excluding carboxylic acids is 1. The van der Waals surface area contributed by atoms with Crippen LogP contribution in [0.3, 0.4) is 0 Å². The zero-order chi connectivity index (χ0) is 30.5. The number of unbranched alkanes of at least 4 members (excludes halogenated alkanes) is 4. The molecular weight excluding hydrogens is 639 g/mol. The molecule has 44 heavy (non-hydrogen) atoms. The van der Waals surface area contributed by atoms with Crippen LogP contribution < -0.4 is 38.2 Å². The summed E-state index contributed by atoms with van der Waals surface area (Å²) in [5.41, 5.74) is 0.304. The minimum absolute atomic E-state index is 0. The third-order valence-corrected chi connectivity index (χ3v) is 12.4. The van der Waals surface area contributed by atoms with Gasteiger partial charge in [0.25, 0.3) is 5.69 Å². The van der Waals surface area contributed by atoms with E-state index in [0.717, 1.165) is 31.8 Å². The number of hydrogen-bond acceptors (Lipinski definition) is 5. The normalized spacial score (nSPS) is 12.5. The van der Waals surface area contributed by atoms with Gasteiger partial charge in [0.05, 0.1) is 23.7 Å². The lowest BCUT2D eigenvalue weighted by molar-refractivity contribution is -0.384. The van der Waals surface area contributed by atoms with Crippen molar-refractivity contribution in [3.05, 3.63) is 131 Å². The fraction of sp³-hybridized carbons (Fsp3) is 0.286. The average Bonchev–Trinajstić information content (AvgIpc) is 3.06. The van der Waals surface area contributed by atoms with Gasteiger partial charge in [0.2, 0.25) is 5.91 Å². The fourth-order valence-corrected chi connectivity index (χ4v) is 9.99. The van der Waals surface area contributed by atoms with Crippen LogP contribution in [0, 0.1) is 10.1 Å². The van der Waals surface area contributed by atoms with Gasteiger partial charge in [-0.05, 0) is 73.4 Å². The van der Waals surface area contributed by atoms with E-state index in [9.17, 15) is 25.1 Å². The molecule has 4 rings (SSSR count). The largest absolute Gasteiger partial charge is 1.00 e. The Kier molecular flexibility index (Phi) is 14.2. The molecule has 0 heterocycles. The van der Waals surface area contributed by atoms with Crippen molar-refractivity contribution in [3.63, 3.8) is 0 Å². The van der Waals surface area contributed by atoms with Crippen molar-refractivity contribution in [3.8, 4) is 0 Å². The number of benzene rings is 4. The predicted octanol–water partition coefficient (Wildman–Crippen LogP) is 2.44. The Balaban J connectivity index is 0.00000529. The first-order valence-corrected chi connectivity index (χ1v) is 16.8.